The van der Waals surface area contributed by atoms with E-state index in [0.717, 1.165) is 18.4 Å². The lowest BCUT2D eigenvalue weighted by atomic mass is 10.2. The third-order valence-corrected chi connectivity index (χ3v) is 2.17. The van der Waals surface area contributed by atoms with Crippen LogP contribution in [-0.4, -0.2) is 6.61 Å². The number of hydrogen-bond acceptors (Lipinski definition) is 2. The molecule has 0 amide bonds. The van der Waals surface area contributed by atoms with E-state index in [0.29, 0.717) is 0 Å². The van der Waals surface area contributed by atoms with Crippen LogP contribution in [-0.2, 0) is 4.18 Å². The molecule has 1 fully saturated rings. The van der Waals surface area contributed by atoms with Crippen LogP contribution in [0, 0.1) is 11.8 Å². The van der Waals surface area contributed by atoms with E-state index in [9.17, 15) is 0 Å². The highest BCUT2D eigenvalue weighted by Gasteiger charge is 2.35. The van der Waals surface area contributed by atoms with Crippen molar-refractivity contribution < 1.29 is 4.18 Å². The standard InChI is InChI=1S/C7H14OS/c1-2-3-6-4-7(6)5-8-9/h6-7,9H,2-5H2,1H3. The molecular formula is C7H14OS. The third kappa shape index (κ3) is 2.18. The molecule has 0 saturated heterocycles. The summed E-state index contributed by atoms with van der Waals surface area (Å²) in [4.78, 5) is 0. The van der Waals surface area contributed by atoms with Crippen LogP contribution in [0.25, 0.3) is 0 Å². The Morgan fingerprint density at radius 1 is 1.56 bits per heavy atom. The predicted molar refractivity (Wildman–Crippen MR) is 41.4 cm³/mol. The first-order valence-corrected chi connectivity index (χ1v) is 4.01. The summed E-state index contributed by atoms with van der Waals surface area (Å²) in [6.07, 6.45) is 4.06. The van der Waals surface area contributed by atoms with Gasteiger partial charge in [-0.3, -0.25) is 0 Å². The Balaban J connectivity index is 1.96. The summed E-state index contributed by atoms with van der Waals surface area (Å²) in [5.41, 5.74) is 0. The van der Waals surface area contributed by atoms with Gasteiger partial charge in [-0.15, -0.1) is 0 Å². The maximum Gasteiger partial charge on any atom is 0.0641 e. The van der Waals surface area contributed by atoms with Crippen molar-refractivity contribution in [3.05, 3.63) is 0 Å². The van der Waals surface area contributed by atoms with Crippen LogP contribution in [0.1, 0.15) is 26.2 Å². The van der Waals surface area contributed by atoms with Crippen molar-refractivity contribution in [2.45, 2.75) is 26.2 Å². The number of rotatable bonds is 4. The predicted octanol–water partition coefficient (Wildman–Crippen LogP) is 2.28. The van der Waals surface area contributed by atoms with Crippen molar-refractivity contribution in [3.8, 4) is 0 Å². The molecule has 1 rings (SSSR count). The summed E-state index contributed by atoms with van der Waals surface area (Å²) < 4.78 is 4.74. The second kappa shape index (κ2) is 3.47. The second-order valence-electron chi connectivity index (χ2n) is 2.84. The Hall–Kier alpha value is 0.310. The minimum Gasteiger partial charge on any atom is -0.318 e. The van der Waals surface area contributed by atoms with Crippen molar-refractivity contribution in [3.63, 3.8) is 0 Å². The number of thiol groups is 1. The Kier molecular flexibility index (Phi) is 2.86. The van der Waals surface area contributed by atoms with Gasteiger partial charge in [0.25, 0.3) is 0 Å². The average molecular weight is 146 g/mol. The van der Waals surface area contributed by atoms with Crippen molar-refractivity contribution in [2.24, 2.45) is 11.8 Å². The third-order valence-electron chi connectivity index (χ3n) is 2.02. The zero-order chi connectivity index (χ0) is 6.69. The Bertz CT molecular complexity index is 75.0. The van der Waals surface area contributed by atoms with Gasteiger partial charge in [-0.05, 0) is 31.2 Å². The lowest BCUT2D eigenvalue weighted by Crippen LogP contribution is -1.89. The lowest BCUT2D eigenvalue weighted by Gasteiger charge is -1.93. The Morgan fingerprint density at radius 3 is 2.89 bits per heavy atom. The molecule has 1 aliphatic rings. The minimum absolute atomic E-state index is 0.836. The molecule has 1 saturated carbocycles. The van der Waals surface area contributed by atoms with E-state index in [4.69, 9.17) is 4.18 Å². The molecule has 1 aliphatic carbocycles. The van der Waals surface area contributed by atoms with Gasteiger partial charge >= 0.3 is 0 Å². The summed E-state index contributed by atoms with van der Waals surface area (Å²) in [5.74, 6) is 1.80. The fraction of sp³-hybridized carbons (Fsp3) is 1.00. The van der Waals surface area contributed by atoms with Gasteiger partial charge in [0, 0.05) is 0 Å². The SMILES string of the molecule is CCCC1CC1COS. The first kappa shape index (κ1) is 7.42. The second-order valence-corrected chi connectivity index (χ2v) is 3.10. The maximum absolute atomic E-state index is 4.74. The van der Waals surface area contributed by atoms with Gasteiger partial charge < -0.3 is 4.18 Å². The summed E-state index contributed by atoms with van der Waals surface area (Å²) in [6, 6.07) is 0. The molecule has 0 aromatic heterocycles. The van der Waals surface area contributed by atoms with E-state index < -0.39 is 0 Å². The van der Waals surface area contributed by atoms with E-state index in [1.807, 2.05) is 0 Å². The van der Waals surface area contributed by atoms with Gasteiger partial charge in [0.1, 0.15) is 0 Å². The van der Waals surface area contributed by atoms with E-state index in [1.165, 1.54) is 19.3 Å². The molecular weight excluding hydrogens is 132 g/mol. The molecule has 0 aromatic rings. The first-order valence-electron chi connectivity index (χ1n) is 3.64. The van der Waals surface area contributed by atoms with Gasteiger partial charge in [0.05, 0.1) is 6.61 Å². The molecule has 2 heteroatoms. The summed E-state index contributed by atoms with van der Waals surface area (Å²) >= 11 is 3.71. The molecule has 0 aliphatic heterocycles. The van der Waals surface area contributed by atoms with Gasteiger partial charge in [-0.1, -0.05) is 19.8 Å². The summed E-state index contributed by atoms with van der Waals surface area (Å²) in [5, 5.41) is 0. The Labute approximate surface area is 62.4 Å². The van der Waals surface area contributed by atoms with Crippen molar-refractivity contribution in [2.75, 3.05) is 6.61 Å². The highest BCUT2D eigenvalue weighted by molar-refractivity contribution is 7.75. The topological polar surface area (TPSA) is 9.23 Å². The highest BCUT2D eigenvalue weighted by Crippen LogP contribution is 2.42. The van der Waals surface area contributed by atoms with Crippen LogP contribution in [0.4, 0.5) is 0 Å². The van der Waals surface area contributed by atoms with Crippen LogP contribution in [0.15, 0.2) is 0 Å². The molecule has 1 nitrogen and oxygen atoms in total. The number of hydrogen-bond donors (Lipinski definition) is 1. The molecule has 0 radical (unpaired) electrons. The fourth-order valence-corrected chi connectivity index (χ4v) is 1.53. The summed E-state index contributed by atoms with van der Waals surface area (Å²) in [7, 11) is 0. The van der Waals surface area contributed by atoms with Crippen molar-refractivity contribution in [1.29, 1.82) is 0 Å². The Morgan fingerprint density at radius 2 is 2.33 bits per heavy atom. The van der Waals surface area contributed by atoms with Crippen LogP contribution in [0.2, 0.25) is 0 Å². The van der Waals surface area contributed by atoms with Crippen LogP contribution >= 0.6 is 12.9 Å². The highest BCUT2D eigenvalue weighted by atomic mass is 32.1. The average Bonchev–Trinajstić information content (AvgIpc) is 2.50. The zero-order valence-corrected chi connectivity index (χ0v) is 6.73. The molecule has 0 N–H and O–H groups in total. The van der Waals surface area contributed by atoms with Gasteiger partial charge in [0.2, 0.25) is 0 Å². The maximum atomic E-state index is 4.74. The normalized spacial score (nSPS) is 32.7. The zero-order valence-electron chi connectivity index (χ0n) is 5.84. The molecule has 0 bridgehead atoms. The van der Waals surface area contributed by atoms with Gasteiger partial charge in [-0.2, -0.15) is 0 Å². The van der Waals surface area contributed by atoms with E-state index in [2.05, 4.69) is 19.8 Å². The van der Waals surface area contributed by atoms with Crippen LogP contribution in [0.5, 0.6) is 0 Å². The lowest BCUT2D eigenvalue weighted by molar-refractivity contribution is 0.345. The molecule has 2 atom stereocenters. The van der Waals surface area contributed by atoms with Gasteiger partial charge in [-0.25, -0.2) is 0 Å². The van der Waals surface area contributed by atoms with Crippen LogP contribution in [0.3, 0.4) is 0 Å². The summed E-state index contributed by atoms with van der Waals surface area (Å²) in [6.45, 7) is 3.09. The molecule has 2 unspecified atom stereocenters. The molecule has 0 heterocycles. The monoisotopic (exact) mass is 146 g/mol. The van der Waals surface area contributed by atoms with E-state index >= 15 is 0 Å². The first-order chi connectivity index (χ1) is 4.38. The quantitative estimate of drug-likeness (QED) is 0.473. The van der Waals surface area contributed by atoms with Crippen LogP contribution < -0.4 is 0 Å². The smallest absolute Gasteiger partial charge is 0.0641 e. The van der Waals surface area contributed by atoms with Crippen molar-refractivity contribution in [1.82, 2.24) is 0 Å². The van der Waals surface area contributed by atoms with Gasteiger partial charge in [0.15, 0.2) is 0 Å². The minimum atomic E-state index is 0.836. The molecule has 0 spiro atoms. The van der Waals surface area contributed by atoms with E-state index in [-0.39, 0.29) is 0 Å². The van der Waals surface area contributed by atoms with E-state index in [1.54, 1.807) is 0 Å². The fourth-order valence-electron chi connectivity index (χ4n) is 1.33. The largest absolute Gasteiger partial charge is 0.318 e. The molecule has 54 valence electrons. The molecule has 9 heavy (non-hydrogen) atoms. The van der Waals surface area contributed by atoms with Crippen molar-refractivity contribution >= 4 is 12.9 Å². The molecule has 0 aromatic carbocycles.